The number of nitro benzene ring substituents is 1. The van der Waals surface area contributed by atoms with Crippen LogP contribution in [-0.2, 0) is 4.79 Å². The number of nitrogens with zero attached hydrogens (tertiary/aromatic N) is 1. The second-order valence-corrected chi connectivity index (χ2v) is 3.00. The Labute approximate surface area is 92.5 Å². The lowest BCUT2D eigenvalue weighted by molar-refractivity contribution is -0.384. The van der Waals surface area contributed by atoms with Gasteiger partial charge in [-0.15, -0.1) is 0 Å². The molecular weight excluding hydrogens is 210 g/mol. The number of ether oxygens (including phenoxy) is 1. The van der Waals surface area contributed by atoms with Gasteiger partial charge in [-0.05, 0) is 19.1 Å². The minimum atomic E-state index is -0.509. The highest BCUT2D eigenvalue weighted by Crippen LogP contribution is 2.17. The highest BCUT2D eigenvalue weighted by molar-refractivity contribution is 5.73. The average Bonchev–Trinajstić information content (AvgIpc) is 2.27. The van der Waals surface area contributed by atoms with E-state index in [-0.39, 0.29) is 12.1 Å². The second kappa shape index (κ2) is 5.65. The van der Waals surface area contributed by atoms with Crippen LogP contribution in [0.2, 0.25) is 0 Å². The Hall–Kier alpha value is -2.17. The molecule has 1 rings (SSSR count). The third-order valence-electron chi connectivity index (χ3n) is 1.80. The van der Waals surface area contributed by atoms with E-state index >= 15 is 0 Å². The normalized spacial score (nSPS) is 10.3. The second-order valence-electron chi connectivity index (χ2n) is 3.00. The zero-order chi connectivity index (χ0) is 12.0. The summed E-state index contributed by atoms with van der Waals surface area (Å²) in [6.07, 6.45) is 3.61. The molecule has 0 N–H and O–H groups in total. The molecule has 16 heavy (non-hydrogen) atoms. The minimum absolute atomic E-state index is 0.0340. The molecule has 0 bridgehead atoms. The van der Waals surface area contributed by atoms with Gasteiger partial charge in [0.15, 0.2) is 0 Å². The van der Waals surface area contributed by atoms with E-state index in [1.54, 1.807) is 19.1 Å². The molecule has 1 aromatic rings. The van der Waals surface area contributed by atoms with Crippen molar-refractivity contribution < 1.29 is 14.5 Å². The van der Waals surface area contributed by atoms with Crippen molar-refractivity contribution in [3.05, 3.63) is 46.5 Å². The van der Waals surface area contributed by atoms with Gasteiger partial charge in [-0.2, -0.15) is 0 Å². The summed E-state index contributed by atoms with van der Waals surface area (Å²) in [4.78, 5) is 21.0. The quantitative estimate of drug-likeness (QED) is 0.257. The zero-order valence-electron chi connectivity index (χ0n) is 8.75. The van der Waals surface area contributed by atoms with E-state index in [1.165, 1.54) is 24.3 Å². The molecule has 0 aliphatic rings. The molecule has 0 spiro atoms. The van der Waals surface area contributed by atoms with Gasteiger partial charge in [0.05, 0.1) is 11.3 Å². The third kappa shape index (κ3) is 3.53. The molecule has 0 radical (unpaired) electrons. The number of non-ortho nitro benzene ring substituents is 1. The Morgan fingerprint density at radius 2 is 2.06 bits per heavy atom. The van der Waals surface area contributed by atoms with Crippen molar-refractivity contribution in [2.24, 2.45) is 0 Å². The van der Waals surface area contributed by atoms with Gasteiger partial charge < -0.3 is 4.74 Å². The molecular formula is C11H11NO4. The van der Waals surface area contributed by atoms with E-state index in [2.05, 4.69) is 0 Å². The molecule has 0 saturated carbocycles. The topological polar surface area (TPSA) is 69.4 Å². The maximum atomic E-state index is 11.2. The van der Waals surface area contributed by atoms with Crippen LogP contribution in [0.3, 0.4) is 0 Å². The van der Waals surface area contributed by atoms with Gasteiger partial charge in [-0.3, -0.25) is 14.9 Å². The summed E-state index contributed by atoms with van der Waals surface area (Å²) in [7, 11) is 0. The van der Waals surface area contributed by atoms with Crippen molar-refractivity contribution in [1.82, 2.24) is 0 Å². The maximum Gasteiger partial charge on any atom is 0.315 e. The number of rotatable bonds is 4. The minimum Gasteiger partial charge on any atom is -0.426 e. The number of benzene rings is 1. The molecule has 84 valence electrons. The summed E-state index contributed by atoms with van der Waals surface area (Å²) in [6, 6.07) is 5.37. The number of allylic oxidation sites excluding steroid dienone is 1. The van der Waals surface area contributed by atoms with E-state index < -0.39 is 10.9 Å². The van der Waals surface area contributed by atoms with Gasteiger partial charge in [0.2, 0.25) is 0 Å². The number of esters is 1. The van der Waals surface area contributed by atoms with Crippen molar-refractivity contribution in [3.8, 4) is 5.75 Å². The van der Waals surface area contributed by atoms with Gasteiger partial charge in [-0.25, -0.2) is 0 Å². The monoisotopic (exact) mass is 221 g/mol. The first-order chi connectivity index (χ1) is 7.63. The van der Waals surface area contributed by atoms with Crippen molar-refractivity contribution in [2.75, 3.05) is 0 Å². The van der Waals surface area contributed by atoms with Crippen LogP contribution < -0.4 is 4.74 Å². The van der Waals surface area contributed by atoms with Crippen molar-refractivity contribution >= 4 is 11.7 Å². The molecule has 0 aromatic heterocycles. The standard InChI is InChI=1S/C11H11NO4/c1-2-3-4-11(13)16-10-7-5-9(6-8-10)12(14)15/h2-3,5-8H,4H2,1H3/b3-2+. The summed E-state index contributed by atoms with van der Waals surface area (Å²) in [5, 5.41) is 10.4. The van der Waals surface area contributed by atoms with Crippen LogP contribution in [0.5, 0.6) is 5.75 Å². The molecule has 1 aromatic carbocycles. The Morgan fingerprint density at radius 3 is 2.56 bits per heavy atom. The van der Waals surface area contributed by atoms with Gasteiger partial charge in [0.25, 0.3) is 5.69 Å². The van der Waals surface area contributed by atoms with Crippen LogP contribution >= 0.6 is 0 Å². The summed E-state index contributed by atoms with van der Waals surface area (Å²) in [5.74, 6) is -0.0907. The van der Waals surface area contributed by atoms with Crippen molar-refractivity contribution in [3.63, 3.8) is 0 Å². The van der Waals surface area contributed by atoms with E-state index in [0.29, 0.717) is 5.75 Å². The molecule has 0 amide bonds. The van der Waals surface area contributed by atoms with E-state index in [0.717, 1.165) is 0 Å². The van der Waals surface area contributed by atoms with Crippen LogP contribution in [0.15, 0.2) is 36.4 Å². The molecule has 0 aliphatic carbocycles. The van der Waals surface area contributed by atoms with Crippen LogP contribution in [-0.4, -0.2) is 10.9 Å². The lowest BCUT2D eigenvalue weighted by Gasteiger charge is -2.01. The van der Waals surface area contributed by atoms with Gasteiger partial charge in [-0.1, -0.05) is 12.2 Å². The zero-order valence-corrected chi connectivity index (χ0v) is 8.75. The highest BCUT2D eigenvalue weighted by atomic mass is 16.6. The fourth-order valence-electron chi connectivity index (χ4n) is 1.02. The van der Waals surface area contributed by atoms with E-state index in [9.17, 15) is 14.9 Å². The first-order valence-electron chi connectivity index (χ1n) is 4.69. The Bertz CT molecular complexity index is 408. The molecule has 0 saturated heterocycles. The average molecular weight is 221 g/mol. The predicted octanol–water partition coefficient (Wildman–Crippen LogP) is 2.47. The lowest BCUT2D eigenvalue weighted by Crippen LogP contribution is -2.05. The fraction of sp³-hybridized carbons (Fsp3) is 0.182. The Kier molecular flexibility index (Phi) is 4.20. The predicted molar refractivity (Wildman–Crippen MR) is 58.2 cm³/mol. The van der Waals surface area contributed by atoms with Gasteiger partial charge in [0, 0.05) is 12.1 Å². The number of hydrogen-bond acceptors (Lipinski definition) is 4. The van der Waals surface area contributed by atoms with Gasteiger partial charge in [0.1, 0.15) is 5.75 Å². The van der Waals surface area contributed by atoms with E-state index in [1.807, 2.05) is 0 Å². The van der Waals surface area contributed by atoms with Crippen LogP contribution in [0.1, 0.15) is 13.3 Å². The third-order valence-corrected chi connectivity index (χ3v) is 1.80. The summed E-state index contributed by atoms with van der Waals surface area (Å²) in [5.41, 5.74) is -0.0340. The number of nitro groups is 1. The number of hydrogen-bond donors (Lipinski definition) is 0. The molecule has 0 aliphatic heterocycles. The molecule has 0 unspecified atom stereocenters. The molecule has 0 heterocycles. The fourth-order valence-corrected chi connectivity index (χ4v) is 1.02. The van der Waals surface area contributed by atoms with Crippen LogP contribution in [0, 0.1) is 10.1 Å². The van der Waals surface area contributed by atoms with Crippen molar-refractivity contribution in [1.29, 1.82) is 0 Å². The lowest BCUT2D eigenvalue weighted by atomic mass is 10.3. The summed E-state index contributed by atoms with van der Waals surface area (Å²) >= 11 is 0. The highest BCUT2D eigenvalue weighted by Gasteiger charge is 2.06. The largest absolute Gasteiger partial charge is 0.426 e. The van der Waals surface area contributed by atoms with Crippen LogP contribution in [0.4, 0.5) is 5.69 Å². The van der Waals surface area contributed by atoms with Gasteiger partial charge >= 0.3 is 5.97 Å². The smallest absolute Gasteiger partial charge is 0.315 e. The maximum absolute atomic E-state index is 11.2. The summed E-state index contributed by atoms with van der Waals surface area (Å²) in [6.45, 7) is 1.80. The number of carbonyl (C=O) groups is 1. The molecule has 0 atom stereocenters. The Morgan fingerprint density at radius 1 is 1.44 bits per heavy atom. The van der Waals surface area contributed by atoms with Crippen LogP contribution in [0.25, 0.3) is 0 Å². The SMILES string of the molecule is C/C=C/CC(=O)Oc1ccc([N+](=O)[O-])cc1. The number of carbonyl (C=O) groups excluding carboxylic acids is 1. The molecule has 5 heteroatoms. The molecule has 0 fully saturated rings. The van der Waals surface area contributed by atoms with Crippen molar-refractivity contribution in [2.45, 2.75) is 13.3 Å². The first kappa shape index (κ1) is 11.9. The van der Waals surface area contributed by atoms with E-state index in [4.69, 9.17) is 4.74 Å². The summed E-state index contributed by atoms with van der Waals surface area (Å²) < 4.78 is 4.94. The molecule has 5 nitrogen and oxygen atoms in total. The first-order valence-corrected chi connectivity index (χ1v) is 4.69. The Balaban J connectivity index is 2.61.